The number of carbonyl (C=O) groups excluding carboxylic acids is 3. The maximum atomic E-state index is 13.5. The standard InChI is InChI=1S/C29H33F3N4O7/c1-26(2,3)42-24(40)20-7-5-4-6-18(20)13-35-14-19(12-33-35)23(39)43-36-11-8-21(22(37)38)27(17-36)15-34(16-27)25(41)28(9-10-28)29(30,31)32/h4-7,12,14,21H,8-11,13,15-17H2,1-3H3,(H,37,38). The first kappa shape index (κ1) is 30.5. The fourth-order valence-corrected chi connectivity index (χ4v) is 5.90. The molecular formula is C29H33F3N4O7. The molecule has 1 aromatic carbocycles. The van der Waals surface area contributed by atoms with E-state index in [2.05, 4.69) is 5.10 Å². The van der Waals surface area contributed by atoms with Gasteiger partial charge in [-0.05, 0) is 51.7 Å². The number of halogens is 3. The van der Waals surface area contributed by atoms with E-state index in [4.69, 9.17) is 9.57 Å². The average Bonchev–Trinajstić information content (AvgIpc) is 3.59. The van der Waals surface area contributed by atoms with Crippen LogP contribution in [0.15, 0.2) is 36.7 Å². The van der Waals surface area contributed by atoms with Crippen molar-refractivity contribution in [1.82, 2.24) is 19.7 Å². The molecule has 3 aliphatic rings. The maximum Gasteiger partial charge on any atom is 0.403 e. The Morgan fingerprint density at radius 2 is 1.72 bits per heavy atom. The van der Waals surface area contributed by atoms with Crippen molar-refractivity contribution in [1.29, 1.82) is 0 Å². The van der Waals surface area contributed by atoms with E-state index < -0.39 is 52.3 Å². The van der Waals surface area contributed by atoms with Gasteiger partial charge in [0.2, 0.25) is 5.91 Å². The number of rotatable bonds is 7. The zero-order valence-electron chi connectivity index (χ0n) is 24.0. The Morgan fingerprint density at radius 3 is 2.33 bits per heavy atom. The molecule has 2 aliphatic heterocycles. The van der Waals surface area contributed by atoms with Crippen LogP contribution in [-0.2, 0) is 25.7 Å². The molecule has 232 valence electrons. The highest BCUT2D eigenvalue weighted by atomic mass is 19.4. The molecule has 1 spiro atoms. The van der Waals surface area contributed by atoms with Gasteiger partial charge in [0, 0.05) is 37.8 Å². The van der Waals surface area contributed by atoms with Crippen molar-refractivity contribution in [3.8, 4) is 0 Å². The number of likely N-dealkylation sites (tertiary alicyclic amines) is 1. The molecule has 1 saturated carbocycles. The summed E-state index contributed by atoms with van der Waals surface area (Å²) in [5.41, 5.74) is -3.01. The molecule has 0 radical (unpaired) electrons. The molecule has 0 bridgehead atoms. The van der Waals surface area contributed by atoms with E-state index in [1.165, 1.54) is 22.1 Å². The fraction of sp³-hybridized carbons (Fsp3) is 0.552. The van der Waals surface area contributed by atoms with Crippen LogP contribution in [0.3, 0.4) is 0 Å². The van der Waals surface area contributed by atoms with E-state index in [1.54, 1.807) is 45.0 Å². The van der Waals surface area contributed by atoms with Crippen LogP contribution in [0.1, 0.15) is 66.3 Å². The quantitative estimate of drug-likeness (QED) is 0.470. The van der Waals surface area contributed by atoms with Crippen molar-refractivity contribution in [2.75, 3.05) is 26.2 Å². The highest BCUT2D eigenvalue weighted by Crippen LogP contribution is 2.60. The number of esters is 1. The molecule has 1 aromatic heterocycles. The Morgan fingerprint density at radius 1 is 1.05 bits per heavy atom. The largest absolute Gasteiger partial charge is 0.481 e. The van der Waals surface area contributed by atoms with Crippen LogP contribution < -0.4 is 0 Å². The number of carboxylic acids is 1. The van der Waals surface area contributed by atoms with Crippen LogP contribution in [0.4, 0.5) is 13.2 Å². The summed E-state index contributed by atoms with van der Waals surface area (Å²) in [5, 5.41) is 15.3. The smallest absolute Gasteiger partial charge is 0.403 e. The molecule has 11 nitrogen and oxygen atoms in total. The number of hydroxylamine groups is 2. The maximum absolute atomic E-state index is 13.5. The summed E-state index contributed by atoms with van der Waals surface area (Å²) in [5.74, 6) is -4.28. The minimum absolute atomic E-state index is 0.0457. The second-order valence-corrected chi connectivity index (χ2v) is 12.6. The number of piperidine rings is 1. The third-order valence-corrected chi connectivity index (χ3v) is 8.25. The van der Waals surface area contributed by atoms with Gasteiger partial charge in [-0.3, -0.25) is 14.3 Å². The number of hydrogen-bond acceptors (Lipinski definition) is 8. The Hall–Kier alpha value is -3.94. The Kier molecular flexibility index (Phi) is 7.56. The van der Waals surface area contributed by atoms with Crippen LogP contribution in [0.2, 0.25) is 0 Å². The number of carbonyl (C=O) groups is 4. The first-order chi connectivity index (χ1) is 20.0. The van der Waals surface area contributed by atoms with Gasteiger partial charge in [0.1, 0.15) is 11.0 Å². The summed E-state index contributed by atoms with van der Waals surface area (Å²) >= 11 is 0. The van der Waals surface area contributed by atoms with E-state index in [1.807, 2.05) is 0 Å². The molecule has 43 heavy (non-hydrogen) atoms. The van der Waals surface area contributed by atoms with Crippen molar-refractivity contribution >= 4 is 23.8 Å². The van der Waals surface area contributed by atoms with E-state index in [0.29, 0.717) is 11.1 Å². The first-order valence-corrected chi connectivity index (χ1v) is 13.9. The summed E-state index contributed by atoms with van der Waals surface area (Å²) in [6, 6.07) is 6.87. The molecular weight excluding hydrogens is 573 g/mol. The third-order valence-electron chi connectivity index (χ3n) is 8.25. The predicted octanol–water partition coefficient (Wildman–Crippen LogP) is 3.54. The number of aromatic nitrogens is 2. The molecule has 3 fully saturated rings. The van der Waals surface area contributed by atoms with Crippen LogP contribution in [-0.4, -0.2) is 86.6 Å². The monoisotopic (exact) mass is 606 g/mol. The lowest BCUT2D eigenvalue weighted by atomic mass is 9.65. The molecule has 2 aromatic rings. The summed E-state index contributed by atoms with van der Waals surface area (Å²) in [7, 11) is 0. The number of ether oxygens (including phenoxy) is 1. The topological polar surface area (TPSA) is 131 Å². The van der Waals surface area contributed by atoms with Crippen molar-refractivity contribution in [3.63, 3.8) is 0 Å². The second-order valence-electron chi connectivity index (χ2n) is 12.6. The van der Waals surface area contributed by atoms with Crippen LogP contribution >= 0.6 is 0 Å². The summed E-state index contributed by atoms with van der Waals surface area (Å²) < 4.78 is 47.4. The van der Waals surface area contributed by atoms with Gasteiger partial charge in [-0.1, -0.05) is 18.2 Å². The number of amides is 1. The van der Waals surface area contributed by atoms with Gasteiger partial charge in [0.15, 0.2) is 0 Å². The average molecular weight is 607 g/mol. The highest BCUT2D eigenvalue weighted by Gasteiger charge is 2.71. The summed E-state index contributed by atoms with van der Waals surface area (Å²) in [6.07, 6.45) is -2.36. The fourth-order valence-electron chi connectivity index (χ4n) is 5.90. The van der Waals surface area contributed by atoms with Gasteiger partial charge in [-0.25, -0.2) is 9.59 Å². The van der Waals surface area contributed by atoms with Gasteiger partial charge in [-0.15, -0.1) is 5.06 Å². The number of nitrogens with zero attached hydrogens (tertiary/aromatic N) is 4. The number of alkyl halides is 3. The van der Waals surface area contributed by atoms with E-state index in [-0.39, 0.29) is 57.5 Å². The van der Waals surface area contributed by atoms with E-state index >= 15 is 0 Å². The Labute approximate surface area is 245 Å². The number of benzene rings is 1. The zero-order valence-corrected chi connectivity index (χ0v) is 24.0. The van der Waals surface area contributed by atoms with Gasteiger partial charge in [0.05, 0.1) is 29.8 Å². The molecule has 1 aliphatic carbocycles. The lowest BCUT2D eigenvalue weighted by Crippen LogP contribution is -2.70. The highest BCUT2D eigenvalue weighted by molar-refractivity contribution is 5.91. The van der Waals surface area contributed by atoms with Crippen molar-refractivity contribution in [2.24, 2.45) is 16.7 Å². The molecule has 1 unspecified atom stereocenters. The first-order valence-electron chi connectivity index (χ1n) is 13.9. The SMILES string of the molecule is CC(C)(C)OC(=O)c1ccccc1Cn1cc(C(=O)ON2CCC(C(=O)O)C3(C2)CN(C(=O)C2(C(F)(F)F)CC2)C3)cn1. The van der Waals surface area contributed by atoms with E-state index in [0.717, 1.165) is 4.90 Å². The summed E-state index contributed by atoms with van der Waals surface area (Å²) in [6.45, 7) is 5.19. The van der Waals surface area contributed by atoms with Crippen LogP contribution in [0.5, 0.6) is 0 Å². The minimum atomic E-state index is -4.66. The molecule has 14 heteroatoms. The van der Waals surface area contributed by atoms with Crippen LogP contribution in [0.25, 0.3) is 0 Å². The van der Waals surface area contributed by atoms with Gasteiger partial charge in [-0.2, -0.15) is 18.3 Å². The normalized spacial score (nSPS) is 21.2. The zero-order chi connectivity index (χ0) is 31.4. The lowest BCUT2D eigenvalue weighted by molar-refractivity contribution is -0.222. The Bertz CT molecular complexity index is 1440. The molecule has 5 rings (SSSR count). The summed E-state index contributed by atoms with van der Waals surface area (Å²) in [4.78, 5) is 56.9. The third kappa shape index (κ3) is 5.97. The minimum Gasteiger partial charge on any atom is -0.481 e. The van der Waals surface area contributed by atoms with Gasteiger partial charge < -0.3 is 19.6 Å². The number of hydrogen-bond donors (Lipinski definition) is 1. The lowest BCUT2D eigenvalue weighted by Gasteiger charge is -2.57. The molecule has 2 saturated heterocycles. The Balaban J connectivity index is 1.23. The number of aliphatic carboxylic acids is 1. The molecule has 3 heterocycles. The molecule has 1 N–H and O–H groups in total. The van der Waals surface area contributed by atoms with Crippen molar-refractivity contribution < 1.29 is 47.0 Å². The second kappa shape index (κ2) is 10.6. The van der Waals surface area contributed by atoms with Gasteiger partial charge in [0.25, 0.3) is 0 Å². The molecule has 1 amide bonds. The van der Waals surface area contributed by atoms with Crippen molar-refractivity contribution in [2.45, 2.75) is 58.4 Å². The predicted molar refractivity (Wildman–Crippen MR) is 142 cm³/mol. The molecule has 1 atom stereocenters. The van der Waals surface area contributed by atoms with Crippen molar-refractivity contribution in [3.05, 3.63) is 53.3 Å². The number of carboxylic acid groups (broad SMARTS) is 1. The van der Waals surface area contributed by atoms with Gasteiger partial charge >= 0.3 is 24.1 Å². The van der Waals surface area contributed by atoms with Crippen LogP contribution in [0, 0.1) is 16.7 Å². The van der Waals surface area contributed by atoms with E-state index in [9.17, 15) is 37.5 Å².